The van der Waals surface area contributed by atoms with E-state index in [2.05, 4.69) is 38.5 Å². The van der Waals surface area contributed by atoms with Crippen LogP contribution >= 0.6 is 46.9 Å². The highest BCUT2D eigenvalue weighted by Crippen LogP contribution is 2.23. The predicted molar refractivity (Wildman–Crippen MR) is 122 cm³/mol. The summed E-state index contributed by atoms with van der Waals surface area (Å²) in [6.45, 7) is 6.80. The van der Waals surface area contributed by atoms with Gasteiger partial charge in [-0.25, -0.2) is 4.98 Å². The Hall–Kier alpha value is -1.06. The Labute approximate surface area is 181 Å². The lowest BCUT2D eigenvalue weighted by Crippen LogP contribution is -2.44. The second kappa shape index (κ2) is 9.75. The van der Waals surface area contributed by atoms with Crippen molar-refractivity contribution in [3.8, 4) is 0 Å². The molecule has 142 valence electrons. The molecule has 1 fully saturated rings. The van der Waals surface area contributed by atoms with Gasteiger partial charge in [0.2, 0.25) is 0 Å². The number of benzene rings is 1. The number of aliphatic imine (C=N–C) groups is 1. The fourth-order valence-electron chi connectivity index (χ4n) is 3.07. The summed E-state index contributed by atoms with van der Waals surface area (Å²) in [5, 5.41) is 8.81. The number of halogens is 2. The van der Waals surface area contributed by atoms with Crippen molar-refractivity contribution in [2.45, 2.75) is 32.9 Å². The van der Waals surface area contributed by atoms with Gasteiger partial charge in [-0.1, -0.05) is 17.7 Å². The van der Waals surface area contributed by atoms with Gasteiger partial charge in [0.1, 0.15) is 0 Å². The van der Waals surface area contributed by atoms with Gasteiger partial charge in [0, 0.05) is 41.8 Å². The quantitative estimate of drug-likeness (QED) is 0.375. The van der Waals surface area contributed by atoms with Gasteiger partial charge >= 0.3 is 0 Å². The molecule has 1 aromatic heterocycles. The van der Waals surface area contributed by atoms with Crippen molar-refractivity contribution < 1.29 is 0 Å². The molecule has 26 heavy (non-hydrogen) atoms. The molecule has 0 spiro atoms. The predicted octanol–water partition coefficient (Wildman–Crippen LogP) is 3.98. The first-order valence-corrected chi connectivity index (χ1v) is 9.65. The van der Waals surface area contributed by atoms with Crippen LogP contribution < -0.4 is 15.5 Å². The maximum absolute atomic E-state index is 6.10. The third kappa shape index (κ3) is 5.47. The minimum atomic E-state index is 0. The minimum absolute atomic E-state index is 0. The molecule has 2 aromatic rings. The van der Waals surface area contributed by atoms with E-state index in [0.29, 0.717) is 6.04 Å². The van der Waals surface area contributed by atoms with Crippen LogP contribution in [0.3, 0.4) is 0 Å². The zero-order valence-corrected chi connectivity index (χ0v) is 19.2. The number of hydrogen-bond donors (Lipinski definition) is 2. The minimum Gasteiger partial charge on any atom is -0.369 e. The van der Waals surface area contributed by atoms with Crippen LogP contribution in [-0.2, 0) is 6.54 Å². The highest BCUT2D eigenvalue weighted by molar-refractivity contribution is 14.0. The van der Waals surface area contributed by atoms with Crippen LogP contribution in [0.5, 0.6) is 0 Å². The fraction of sp³-hybridized carbons (Fsp3) is 0.444. The lowest BCUT2D eigenvalue weighted by atomic mass is 10.2. The highest BCUT2D eigenvalue weighted by atomic mass is 127. The van der Waals surface area contributed by atoms with Crippen LogP contribution in [0, 0.1) is 13.8 Å². The smallest absolute Gasteiger partial charge is 0.191 e. The molecule has 1 aliphatic rings. The van der Waals surface area contributed by atoms with Gasteiger partial charge in [0.05, 0.1) is 17.2 Å². The number of guanidine groups is 1. The second-order valence-electron chi connectivity index (χ2n) is 6.22. The van der Waals surface area contributed by atoms with Crippen molar-refractivity contribution in [3.63, 3.8) is 0 Å². The number of anilines is 1. The number of hydrogen-bond acceptors (Lipinski definition) is 4. The summed E-state index contributed by atoms with van der Waals surface area (Å²) < 4.78 is 0. The maximum Gasteiger partial charge on any atom is 0.191 e. The molecule has 8 heteroatoms. The van der Waals surface area contributed by atoms with E-state index in [1.807, 2.05) is 32.2 Å². The van der Waals surface area contributed by atoms with Crippen molar-refractivity contribution in [1.29, 1.82) is 0 Å². The van der Waals surface area contributed by atoms with Gasteiger partial charge in [0.15, 0.2) is 5.96 Å². The van der Waals surface area contributed by atoms with Crippen molar-refractivity contribution in [3.05, 3.63) is 44.9 Å². The van der Waals surface area contributed by atoms with Crippen LogP contribution in [0.15, 0.2) is 29.3 Å². The van der Waals surface area contributed by atoms with Crippen LogP contribution in [0.2, 0.25) is 5.02 Å². The van der Waals surface area contributed by atoms with E-state index in [1.165, 1.54) is 10.6 Å². The summed E-state index contributed by atoms with van der Waals surface area (Å²) in [5.41, 5.74) is 2.27. The van der Waals surface area contributed by atoms with E-state index in [1.54, 1.807) is 11.3 Å². The molecule has 1 aliphatic heterocycles. The van der Waals surface area contributed by atoms with Gasteiger partial charge in [-0.2, -0.15) is 0 Å². The van der Waals surface area contributed by atoms with Crippen LogP contribution in [-0.4, -0.2) is 37.1 Å². The average Bonchev–Trinajstić information content (AvgIpc) is 3.17. The maximum atomic E-state index is 6.10. The topological polar surface area (TPSA) is 52.6 Å². The molecular formula is C18H25ClIN5S. The van der Waals surface area contributed by atoms with Crippen LogP contribution in [0.1, 0.15) is 22.0 Å². The van der Waals surface area contributed by atoms with Gasteiger partial charge in [-0.05, 0) is 38.5 Å². The summed E-state index contributed by atoms with van der Waals surface area (Å²) in [7, 11) is 1.81. The van der Waals surface area contributed by atoms with E-state index in [4.69, 9.17) is 11.6 Å². The summed E-state index contributed by atoms with van der Waals surface area (Å²) >= 11 is 7.84. The first kappa shape index (κ1) is 21.2. The summed E-state index contributed by atoms with van der Waals surface area (Å²) in [4.78, 5) is 12.4. The van der Waals surface area contributed by atoms with Crippen LogP contribution in [0.25, 0.3) is 0 Å². The summed E-state index contributed by atoms with van der Waals surface area (Å²) in [6, 6.07) is 8.40. The van der Waals surface area contributed by atoms with E-state index in [0.717, 1.165) is 47.7 Å². The van der Waals surface area contributed by atoms with Gasteiger partial charge in [-0.15, -0.1) is 35.3 Å². The normalized spacial score (nSPS) is 17.2. The molecule has 1 unspecified atom stereocenters. The van der Waals surface area contributed by atoms with E-state index < -0.39 is 0 Å². The molecule has 1 aromatic carbocycles. The Morgan fingerprint density at radius 2 is 2.23 bits per heavy atom. The summed E-state index contributed by atoms with van der Waals surface area (Å²) in [5.74, 6) is 0.836. The molecule has 0 amide bonds. The SMILES string of the molecule is CN=C(NCc1sc(C)nc1C)NC1CCN(c2cccc(Cl)c2)C1.I. The third-order valence-corrected chi connectivity index (χ3v) is 5.65. The van der Waals surface area contributed by atoms with Gasteiger partial charge in [-0.3, -0.25) is 4.99 Å². The van der Waals surface area contributed by atoms with Gasteiger partial charge in [0.25, 0.3) is 0 Å². The van der Waals surface area contributed by atoms with Crippen molar-refractivity contribution in [2.75, 3.05) is 25.0 Å². The Bertz CT molecular complexity index is 764. The van der Waals surface area contributed by atoms with E-state index >= 15 is 0 Å². The number of thiazole rings is 1. The van der Waals surface area contributed by atoms with E-state index in [9.17, 15) is 0 Å². The molecule has 1 saturated heterocycles. The van der Waals surface area contributed by atoms with Crippen molar-refractivity contribution >= 4 is 58.6 Å². The molecule has 1 atom stereocenters. The first-order chi connectivity index (χ1) is 12.0. The third-order valence-electron chi connectivity index (χ3n) is 4.34. The van der Waals surface area contributed by atoms with Gasteiger partial charge < -0.3 is 15.5 Å². The molecular weight excluding hydrogens is 481 g/mol. The lowest BCUT2D eigenvalue weighted by molar-refractivity contribution is 0.649. The van der Waals surface area contributed by atoms with Crippen molar-refractivity contribution in [2.24, 2.45) is 4.99 Å². The fourth-order valence-corrected chi connectivity index (χ4v) is 4.14. The molecule has 2 N–H and O–H groups in total. The van der Waals surface area contributed by atoms with Crippen LogP contribution in [0.4, 0.5) is 5.69 Å². The first-order valence-electron chi connectivity index (χ1n) is 8.45. The standard InChI is InChI=1S/C18H24ClN5S.HI/c1-12-17(25-13(2)22-12)10-21-18(20-3)23-15-7-8-24(11-15)16-6-4-5-14(19)9-16;/h4-6,9,15H,7-8,10-11H2,1-3H3,(H2,20,21,23);1H. The molecule has 3 rings (SSSR count). The zero-order chi connectivity index (χ0) is 17.8. The number of aromatic nitrogens is 1. The number of rotatable bonds is 4. The lowest BCUT2D eigenvalue weighted by Gasteiger charge is -2.20. The zero-order valence-electron chi connectivity index (χ0n) is 15.3. The molecule has 0 saturated carbocycles. The number of nitrogens with zero attached hydrogens (tertiary/aromatic N) is 3. The molecule has 5 nitrogen and oxygen atoms in total. The molecule has 0 bridgehead atoms. The Morgan fingerprint density at radius 1 is 1.42 bits per heavy atom. The second-order valence-corrected chi connectivity index (χ2v) is 7.95. The van der Waals surface area contributed by atoms with E-state index in [-0.39, 0.29) is 24.0 Å². The Balaban J connectivity index is 0.00000243. The van der Waals surface area contributed by atoms with Crippen molar-refractivity contribution in [1.82, 2.24) is 15.6 Å². The number of aryl methyl sites for hydroxylation is 2. The highest BCUT2D eigenvalue weighted by Gasteiger charge is 2.23. The summed E-state index contributed by atoms with van der Waals surface area (Å²) in [6.07, 6.45) is 1.08. The monoisotopic (exact) mass is 505 g/mol. The average molecular weight is 506 g/mol. The number of nitrogens with one attached hydrogen (secondary N) is 2. The Morgan fingerprint density at radius 3 is 2.88 bits per heavy atom. The Kier molecular flexibility index (Phi) is 7.97. The molecule has 0 aliphatic carbocycles. The molecule has 0 radical (unpaired) electrons. The molecule has 2 heterocycles. The largest absolute Gasteiger partial charge is 0.369 e.